The van der Waals surface area contributed by atoms with E-state index < -0.39 is 0 Å². The molecule has 0 bridgehead atoms. The van der Waals surface area contributed by atoms with Crippen molar-refractivity contribution in [2.45, 2.75) is 73.1 Å². The number of fused-ring (bicyclic) bond motifs is 3. The lowest BCUT2D eigenvalue weighted by atomic mass is 9.86. The summed E-state index contributed by atoms with van der Waals surface area (Å²) < 4.78 is 10.8. The molecule has 2 unspecified atom stereocenters. The molecule has 3 aromatic heterocycles. The maximum atomic E-state index is 6.56. The number of benzene rings is 4. The van der Waals surface area contributed by atoms with Crippen molar-refractivity contribution in [3.63, 3.8) is 0 Å². The quantitative estimate of drug-likeness (QED) is 0.131. The van der Waals surface area contributed by atoms with Crippen LogP contribution >= 0.6 is 0 Å². The largest absolute Gasteiger partial charge is 0.457 e. The highest BCUT2D eigenvalue weighted by atomic mass is 16.5. The molecule has 3 heterocycles. The van der Waals surface area contributed by atoms with E-state index in [-0.39, 0.29) is 0 Å². The van der Waals surface area contributed by atoms with E-state index in [1.165, 1.54) is 51.4 Å². The molecule has 0 aliphatic carbocycles. The van der Waals surface area contributed by atoms with Crippen LogP contribution in [0, 0.1) is 11.8 Å². The number of para-hydroxylation sites is 1. The zero-order chi connectivity index (χ0) is 34.8. The fraction of sp³-hybridized carbons (Fsp3) is 0.289. The number of hydrogen-bond acceptors (Lipinski definition) is 3. The Morgan fingerprint density at radius 2 is 1.38 bits per heavy atom. The molecule has 0 fully saturated rings. The van der Waals surface area contributed by atoms with E-state index in [4.69, 9.17) is 14.8 Å². The lowest BCUT2D eigenvalue weighted by Crippen LogP contribution is -2.05. The average molecular weight is 661 g/mol. The van der Waals surface area contributed by atoms with Gasteiger partial charge in [0.2, 0.25) is 0 Å². The predicted octanol–water partition coefficient (Wildman–Crippen LogP) is 12.1. The molecule has 5 nitrogen and oxygen atoms in total. The van der Waals surface area contributed by atoms with Gasteiger partial charge in [0.15, 0.2) is 0 Å². The third-order valence-corrected chi connectivity index (χ3v) is 10.3. The Labute approximate surface area is 296 Å². The molecule has 0 saturated carbocycles. The smallest absolute Gasteiger partial charge is 0.137 e. The van der Waals surface area contributed by atoms with Gasteiger partial charge in [-0.05, 0) is 95.3 Å². The maximum absolute atomic E-state index is 6.56. The topological polar surface area (TPSA) is 44.9 Å². The van der Waals surface area contributed by atoms with Gasteiger partial charge in [-0.25, -0.2) is 9.67 Å². The van der Waals surface area contributed by atoms with E-state index in [1.54, 1.807) is 0 Å². The van der Waals surface area contributed by atoms with E-state index in [0.29, 0.717) is 17.8 Å². The number of pyridine rings is 1. The molecule has 50 heavy (non-hydrogen) atoms. The highest BCUT2D eigenvalue weighted by molar-refractivity contribution is 6.09. The summed E-state index contributed by atoms with van der Waals surface area (Å²) in [6.45, 7) is 13.7. The Morgan fingerprint density at radius 1 is 0.680 bits per heavy atom. The van der Waals surface area contributed by atoms with Crippen molar-refractivity contribution in [2.24, 2.45) is 11.8 Å². The second kappa shape index (κ2) is 14.4. The third kappa shape index (κ3) is 6.69. The van der Waals surface area contributed by atoms with Gasteiger partial charge in [-0.2, -0.15) is 5.10 Å². The van der Waals surface area contributed by atoms with Crippen LogP contribution in [0.3, 0.4) is 0 Å². The summed E-state index contributed by atoms with van der Waals surface area (Å²) in [6, 6.07) is 34.2. The molecule has 254 valence electrons. The fourth-order valence-electron chi connectivity index (χ4n) is 7.00. The van der Waals surface area contributed by atoms with E-state index in [9.17, 15) is 0 Å². The van der Waals surface area contributed by atoms with E-state index in [0.717, 1.165) is 46.9 Å². The van der Waals surface area contributed by atoms with Crippen molar-refractivity contribution in [3.8, 4) is 34.1 Å². The lowest BCUT2D eigenvalue weighted by molar-refractivity contribution is 0.483. The monoisotopic (exact) mass is 660 g/mol. The van der Waals surface area contributed by atoms with Crippen LogP contribution in [0.4, 0.5) is 0 Å². The molecule has 0 radical (unpaired) electrons. The molecular weight excluding hydrogens is 613 g/mol. The highest BCUT2D eigenvalue weighted by Crippen LogP contribution is 2.36. The van der Waals surface area contributed by atoms with Gasteiger partial charge in [-0.1, -0.05) is 96.8 Å². The van der Waals surface area contributed by atoms with Gasteiger partial charge in [-0.15, -0.1) is 0 Å². The molecular formula is C45H48N4O. The van der Waals surface area contributed by atoms with Crippen molar-refractivity contribution in [2.75, 3.05) is 0 Å². The predicted molar refractivity (Wildman–Crippen MR) is 208 cm³/mol. The lowest BCUT2D eigenvalue weighted by Gasteiger charge is -2.18. The molecule has 7 aromatic rings. The number of hydrogen-bond donors (Lipinski definition) is 0. The fourth-order valence-corrected chi connectivity index (χ4v) is 7.00. The minimum absolute atomic E-state index is 0.410. The Balaban J connectivity index is 1.23. The molecule has 0 N–H and O–H groups in total. The Kier molecular flexibility index (Phi) is 9.58. The zero-order valence-corrected chi connectivity index (χ0v) is 30.2. The Morgan fingerprint density at radius 3 is 2.12 bits per heavy atom. The first-order valence-corrected chi connectivity index (χ1v) is 18.3. The van der Waals surface area contributed by atoms with Crippen LogP contribution in [0.25, 0.3) is 44.4 Å². The first-order chi connectivity index (χ1) is 24.3. The Bertz CT molecular complexity index is 2230. The van der Waals surface area contributed by atoms with Crippen molar-refractivity contribution >= 4 is 21.8 Å². The van der Waals surface area contributed by atoms with Gasteiger partial charge in [0, 0.05) is 40.9 Å². The Hall–Kier alpha value is -5.16. The maximum Gasteiger partial charge on any atom is 0.137 e. The summed E-state index contributed by atoms with van der Waals surface area (Å²) in [7, 11) is 0. The van der Waals surface area contributed by atoms with Crippen LogP contribution in [0.15, 0.2) is 116 Å². The molecule has 0 saturated heterocycles. The van der Waals surface area contributed by atoms with Crippen LogP contribution in [0.1, 0.15) is 77.0 Å². The standard InChI is InChI=1S/C45H48N4O/c1-7-31(5)23-34-13-11-14-35(24-32(6)8-2)45(34)36-28-47-48(29-36)37-15-12-16-38(26-37)50-39-19-20-41-40-17-9-10-18-42(40)49(43(41)27-39)44-25-33(30(3)4)21-22-46-44/h9-22,25-32H,7-8,23-24H2,1-6H3. The molecule has 2 atom stereocenters. The second-order valence-electron chi connectivity index (χ2n) is 14.3. The minimum atomic E-state index is 0.410. The van der Waals surface area contributed by atoms with E-state index in [2.05, 4.69) is 137 Å². The summed E-state index contributed by atoms with van der Waals surface area (Å²) >= 11 is 0. The van der Waals surface area contributed by atoms with E-state index >= 15 is 0 Å². The SMILES string of the molecule is CCC(C)Cc1cccc(CC(C)CC)c1-c1cnn(-c2cccc(Oc3ccc4c5ccccc5n(-c5cc(C(C)C)ccn5)c4c3)c2)c1. The van der Waals surface area contributed by atoms with E-state index in [1.807, 2.05) is 29.2 Å². The third-order valence-electron chi connectivity index (χ3n) is 10.3. The number of aromatic nitrogens is 4. The van der Waals surface area contributed by atoms with Gasteiger partial charge in [0.05, 0.1) is 22.9 Å². The summed E-state index contributed by atoms with van der Waals surface area (Å²) in [4.78, 5) is 4.81. The molecule has 0 amide bonds. The average Bonchev–Trinajstić information content (AvgIpc) is 3.75. The van der Waals surface area contributed by atoms with Gasteiger partial charge in [0.1, 0.15) is 17.3 Å². The highest BCUT2D eigenvalue weighted by Gasteiger charge is 2.18. The van der Waals surface area contributed by atoms with Crippen LogP contribution in [0.2, 0.25) is 0 Å². The number of nitrogens with zero attached hydrogens (tertiary/aromatic N) is 4. The zero-order valence-electron chi connectivity index (χ0n) is 30.2. The minimum Gasteiger partial charge on any atom is -0.457 e. The first-order valence-electron chi connectivity index (χ1n) is 18.3. The molecule has 4 aromatic carbocycles. The molecule has 7 rings (SSSR count). The molecule has 5 heteroatoms. The summed E-state index contributed by atoms with van der Waals surface area (Å²) in [6.07, 6.45) is 10.6. The molecule has 0 aliphatic heterocycles. The molecule has 0 spiro atoms. The van der Waals surface area contributed by atoms with Crippen molar-refractivity contribution in [3.05, 3.63) is 132 Å². The van der Waals surface area contributed by atoms with Gasteiger partial charge < -0.3 is 4.74 Å². The van der Waals surface area contributed by atoms with Crippen molar-refractivity contribution in [1.82, 2.24) is 19.3 Å². The van der Waals surface area contributed by atoms with Crippen LogP contribution in [-0.4, -0.2) is 19.3 Å². The summed E-state index contributed by atoms with van der Waals surface area (Å²) in [5.41, 5.74) is 9.76. The van der Waals surface area contributed by atoms with Gasteiger partial charge in [0.25, 0.3) is 0 Å². The van der Waals surface area contributed by atoms with Gasteiger partial charge >= 0.3 is 0 Å². The summed E-state index contributed by atoms with van der Waals surface area (Å²) in [5, 5.41) is 7.24. The number of rotatable bonds is 12. The van der Waals surface area contributed by atoms with Crippen LogP contribution in [0.5, 0.6) is 11.5 Å². The van der Waals surface area contributed by atoms with Crippen LogP contribution < -0.4 is 4.74 Å². The number of ether oxygens (including phenoxy) is 1. The summed E-state index contributed by atoms with van der Waals surface area (Å²) in [5.74, 6) is 4.10. The second-order valence-corrected chi connectivity index (χ2v) is 14.3. The first kappa shape index (κ1) is 33.3. The van der Waals surface area contributed by atoms with Crippen molar-refractivity contribution < 1.29 is 4.74 Å². The normalized spacial score (nSPS) is 12.9. The van der Waals surface area contributed by atoms with Crippen molar-refractivity contribution in [1.29, 1.82) is 0 Å². The van der Waals surface area contributed by atoms with Gasteiger partial charge in [-0.3, -0.25) is 4.57 Å². The van der Waals surface area contributed by atoms with Crippen LogP contribution in [-0.2, 0) is 12.8 Å². The molecule has 0 aliphatic rings.